The molecule has 27 heavy (non-hydrogen) atoms. The van der Waals surface area contributed by atoms with Crippen LogP contribution in [0.1, 0.15) is 25.8 Å². The van der Waals surface area contributed by atoms with Gasteiger partial charge in [0, 0.05) is 0 Å². The summed E-state index contributed by atoms with van der Waals surface area (Å²) in [6.45, 7) is 3.62. The van der Waals surface area contributed by atoms with Crippen LogP contribution in [0.4, 0.5) is 0 Å². The number of hydrogen-bond donors (Lipinski definition) is 7. The Labute approximate surface area is 157 Å². The lowest BCUT2D eigenvalue weighted by molar-refractivity contribution is -0.139. The molecule has 1 aromatic rings. The molecule has 0 radical (unpaired) electrons. The number of benzene rings is 1. The lowest BCUT2D eigenvalue weighted by Gasteiger charge is -2.07. The third-order valence-corrected chi connectivity index (χ3v) is 2.93. The Morgan fingerprint density at radius 2 is 1.33 bits per heavy atom. The molecule has 0 heterocycles. The summed E-state index contributed by atoms with van der Waals surface area (Å²) >= 11 is 0. The van der Waals surface area contributed by atoms with Crippen molar-refractivity contribution in [2.75, 3.05) is 6.54 Å². The summed E-state index contributed by atoms with van der Waals surface area (Å²) in [5, 5.41) is 33.4. The maximum absolute atomic E-state index is 10.4. The van der Waals surface area contributed by atoms with Crippen molar-refractivity contribution in [1.29, 1.82) is 0 Å². The topological polar surface area (TPSA) is 210 Å². The van der Waals surface area contributed by atoms with Crippen molar-refractivity contribution in [1.82, 2.24) is 0 Å². The molecule has 0 bridgehead atoms. The highest BCUT2D eigenvalue weighted by molar-refractivity contribution is 5.73. The minimum Gasteiger partial charge on any atom is -0.508 e. The molecule has 0 fully saturated rings. The first kappa shape index (κ1) is 26.5. The average molecular weight is 387 g/mol. The van der Waals surface area contributed by atoms with Crippen molar-refractivity contribution in [3.05, 3.63) is 29.8 Å². The smallest absolute Gasteiger partial charge is 0.320 e. The number of carboxylic acid groups (broad SMARTS) is 3. The highest BCUT2D eigenvalue weighted by Gasteiger charge is 2.12. The van der Waals surface area contributed by atoms with Crippen molar-refractivity contribution in [2.45, 2.75) is 38.8 Å². The van der Waals surface area contributed by atoms with E-state index in [0.29, 0.717) is 12.3 Å². The van der Waals surface area contributed by atoms with Gasteiger partial charge >= 0.3 is 17.9 Å². The van der Waals surface area contributed by atoms with Crippen molar-refractivity contribution in [3.63, 3.8) is 0 Å². The van der Waals surface area contributed by atoms with Gasteiger partial charge in [0.1, 0.15) is 17.8 Å². The minimum atomic E-state index is -1.02. The van der Waals surface area contributed by atoms with Crippen LogP contribution < -0.4 is 17.2 Å². The molecule has 1 aromatic carbocycles. The summed E-state index contributed by atoms with van der Waals surface area (Å²) in [6, 6.07) is 4.74. The molecular weight excluding hydrogens is 358 g/mol. The van der Waals surface area contributed by atoms with E-state index < -0.39 is 30.0 Å². The predicted molar refractivity (Wildman–Crippen MR) is 99.2 cm³/mol. The van der Waals surface area contributed by atoms with Gasteiger partial charge in [0.2, 0.25) is 0 Å². The molecule has 154 valence electrons. The lowest BCUT2D eigenvalue weighted by Crippen LogP contribution is -2.32. The van der Waals surface area contributed by atoms with Gasteiger partial charge in [-0.2, -0.15) is 0 Å². The molecule has 10 N–H and O–H groups in total. The fraction of sp³-hybridized carbons (Fsp3) is 0.471. The van der Waals surface area contributed by atoms with Crippen LogP contribution in [-0.2, 0) is 20.8 Å². The maximum Gasteiger partial charge on any atom is 0.320 e. The molecule has 0 aliphatic carbocycles. The van der Waals surface area contributed by atoms with Gasteiger partial charge in [0.05, 0.1) is 6.54 Å². The summed E-state index contributed by atoms with van der Waals surface area (Å²) in [4.78, 5) is 29.7. The van der Waals surface area contributed by atoms with E-state index in [0.717, 1.165) is 5.56 Å². The van der Waals surface area contributed by atoms with Crippen molar-refractivity contribution < 1.29 is 34.8 Å². The lowest BCUT2D eigenvalue weighted by atomic mass is 10.1. The summed E-state index contributed by atoms with van der Waals surface area (Å²) in [5.74, 6) is -2.38. The zero-order valence-corrected chi connectivity index (χ0v) is 15.4. The molecule has 0 spiro atoms. The number of aliphatic carboxylic acids is 3. The first-order chi connectivity index (χ1) is 12.4. The number of phenols is 1. The van der Waals surface area contributed by atoms with Crippen LogP contribution in [0.2, 0.25) is 0 Å². The molecule has 0 saturated heterocycles. The average Bonchev–Trinajstić information content (AvgIpc) is 2.57. The number of carbonyl (C=O) groups is 3. The van der Waals surface area contributed by atoms with Crippen molar-refractivity contribution >= 4 is 17.9 Å². The minimum absolute atomic E-state index is 0.160. The molecule has 10 heteroatoms. The van der Waals surface area contributed by atoms with Crippen LogP contribution in [0.3, 0.4) is 0 Å². The van der Waals surface area contributed by atoms with Gasteiger partial charge < -0.3 is 37.6 Å². The zero-order valence-electron chi connectivity index (χ0n) is 15.4. The normalized spacial score (nSPS) is 11.9. The molecule has 0 aliphatic rings. The van der Waals surface area contributed by atoms with Crippen LogP contribution in [0.5, 0.6) is 5.75 Å². The van der Waals surface area contributed by atoms with Crippen LogP contribution in [0, 0.1) is 5.92 Å². The summed E-state index contributed by atoms with van der Waals surface area (Å²) < 4.78 is 0. The molecule has 1 rings (SSSR count). The second kappa shape index (κ2) is 14.5. The number of carboxylic acids is 3. The number of hydrogen-bond acceptors (Lipinski definition) is 7. The van der Waals surface area contributed by atoms with Gasteiger partial charge in [-0.1, -0.05) is 26.0 Å². The van der Waals surface area contributed by atoms with Gasteiger partial charge in [0.15, 0.2) is 0 Å². The Morgan fingerprint density at radius 1 is 0.926 bits per heavy atom. The van der Waals surface area contributed by atoms with Gasteiger partial charge in [-0.3, -0.25) is 14.4 Å². The van der Waals surface area contributed by atoms with Crippen LogP contribution >= 0.6 is 0 Å². The fourth-order valence-corrected chi connectivity index (χ4v) is 1.58. The molecule has 0 amide bonds. The van der Waals surface area contributed by atoms with Crippen molar-refractivity contribution in [2.24, 2.45) is 23.1 Å². The highest BCUT2D eigenvalue weighted by Crippen LogP contribution is 2.10. The van der Waals surface area contributed by atoms with Gasteiger partial charge in [-0.15, -0.1) is 0 Å². The number of aromatic hydroxyl groups is 1. The van der Waals surface area contributed by atoms with E-state index in [1.807, 2.05) is 13.8 Å². The second-order valence-corrected chi connectivity index (χ2v) is 5.99. The Kier molecular flexibility index (Phi) is 14.2. The van der Waals surface area contributed by atoms with E-state index in [2.05, 4.69) is 5.73 Å². The number of nitrogens with two attached hydrogens (primary N) is 3. The summed E-state index contributed by atoms with van der Waals surface area (Å²) in [6.07, 6.45) is 0.824. The first-order valence-electron chi connectivity index (χ1n) is 8.07. The quantitative estimate of drug-likeness (QED) is 0.328. The third kappa shape index (κ3) is 16.5. The molecule has 10 nitrogen and oxygen atoms in total. The monoisotopic (exact) mass is 387 g/mol. The van der Waals surface area contributed by atoms with E-state index in [4.69, 9.17) is 31.9 Å². The molecular formula is C17H29N3O7. The summed E-state index contributed by atoms with van der Waals surface area (Å²) in [7, 11) is 0. The third-order valence-electron chi connectivity index (χ3n) is 2.93. The fourth-order valence-electron chi connectivity index (χ4n) is 1.58. The zero-order chi connectivity index (χ0) is 21.6. The Bertz CT molecular complexity index is 576. The van der Waals surface area contributed by atoms with E-state index in [1.165, 1.54) is 12.1 Å². The Morgan fingerprint density at radius 3 is 1.59 bits per heavy atom. The highest BCUT2D eigenvalue weighted by atomic mass is 16.4. The molecule has 2 unspecified atom stereocenters. The van der Waals surface area contributed by atoms with E-state index in [1.54, 1.807) is 12.1 Å². The second-order valence-electron chi connectivity index (χ2n) is 5.99. The Hall–Kier alpha value is -2.69. The molecule has 0 aromatic heterocycles. The van der Waals surface area contributed by atoms with Crippen LogP contribution in [-0.4, -0.2) is 57.0 Å². The SMILES string of the molecule is CC(C)CC(N)C(=O)O.NC(Cc1ccc(O)cc1)C(=O)O.NCC(=O)O. The number of rotatable bonds is 7. The van der Waals surface area contributed by atoms with E-state index in [9.17, 15) is 14.4 Å². The van der Waals surface area contributed by atoms with Crippen LogP contribution in [0.25, 0.3) is 0 Å². The standard InChI is InChI=1S/C9H11NO3.C6H13NO2.C2H5NO2/c10-8(9(12)13)5-6-1-3-7(11)4-2-6;1-4(2)3-5(7)6(8)9;3-1-2(4)5/h1-4,8,11H,5,10H2,(H,12,13);4-5H,3,7H2,1-2H3,(H,8,9);1,3H2,(H,4,5). The number of phenolic OH excluding ortho intramolecular Hbond substituents is 1. The van der Waals surface area contributed by atoms with Crippen molar-refractivity contribution in [3.8, 4) is 5.75 Å². The maximum atomic E-state index is 10.4. The Balaban J connectivity index is 0. The molecule has 0 saturated carbocycles. The van der Waals surface area contributed by atoms with Gasteiger partial charge in [0.25, 0.3) is 0 Å². The first-order valence-corrected chi connectivity index (χ1v) is 8.07. The van der Waals surface area contributed by atoms with Crippen LogP contribution in [0.15, 0.2) is 24.3 Å². The predicted octanol–water partition coefficient (Wildman–Crippen LogP) is -0.179. The molecule has 0 aliphatic heterocycles. The van der Waals surface area contributed by atoms with E-state index in [-0.39, 0.29) is 18.7 Å². The van der Waals surface area contributed by atoms with E-state index >= 15 is 0 Å². The largest absolute Gasteiger partial charge is 0.508 e. The molecule has 2 atom stereocenters. The summed E-state index contributed by atoms with van der Waals surface area (Å²) in [5.41, 5.74) is 15.9. The van der Waals surface area contributed by atoms with Gasteiger partial charge in [-0.05, 0) is 36.5 Å². The van der Waals surface area contributed by atoms with Gasteiger partial charge in [-0.25, -0.2) is 0 Å².